The predicted molar refractivity (Wildman–Crippen MR) is 105 cm³/mol. The standard InChI is InChI=1S/C20H20F3N7O/c1-28-8-12(17(23)27-28)18-25-15-16(14(22)5-24-19(15)26-18)29-6-9-2-3-10(7-29)30(9)20(31)11-4-13(11)21/h5,8-11,13H,2-4,6-7H2,1H3,(H,24,25,26)/t9?,10?,11-,13-/m1/s1. The molecule has 2 saturated heterocycles. The van der Waals surface area contributed by atoms with E-state index in [-0.39, 0.29) is 35.0 Å². The van der Waals surface area contributed by atoms with Crippen molar-refractivity contribution in [3.63, 3.8) is 0 Å². The van der Waals surface area contributed by atoms with Crippen molar-refractivity contribution in [3.05, 3.63) is 24.2 Å². The molecule has 2 bridgehead atoms. The van der Waals surface area contributed by atoms with Crippen molar-refractivity contribution < 1.29 is 18.0 Å². The number of halogens is 3. The lowest BCUT2D eigenvalue weighted by Crippen LogP contribution is -2.56. The van der Waals surface area contributed by atoms with Crippen molar-refractivity contribution in [2.24, 2.45) is 13.0 Å². The lowest BCUT2D eigenvalue weighted by atomic mass is 10.1. The SMILES string of the molecule is Cn1cc(-c2nc3ncc(F)c(N4CC5CCC(C4)N5C(=O)[C@@H]4C[C@H]4F)c3[nH]2)c(F)n1. The highest BCUT2D eigenvalue weighted by Crippen LogP contribution is 2.42. The summed E-state index contributed by atoms with van der Waals surface area (Å²) in [7, 11) is 1.60. The van der Waals surface area contributed by atoms with E-state index in [1.54, 1.807) is 7.05 Å². The van der Waals surface area contributed by atoms with Crippen LogP contribution in [0.4, 0.5) is 18.9 Å². The van der Waals surface area contributed by atoms with Crippen LogP contribution in [0.3, 0.4) is 0 Å². The van der Waals surface area contributed by atoms with Crippen molar-refractivity contribution in [2.45, 2.75) is 37.5 Å². The third-order valence-electron chi connectivity index (χ3n) is 6.57. The Labute approximate surface area is 175 Å². The van der Waals surface area contributed by atoms with Crippen LogP contribution in [0, 0.1) is 17.7 Å². The third-order valence-corrected chi connectivity index (χ3v) is 6.57. The number of amides is 1. The van der Waals surface area contributed by atoms with Crippen molar-refractivity contribution in [1.82, 2.24) is 29.6 Å². The second kappa shape index (κ2) is 6.44. The van der Waals surface area contributed by atoms with Crippen LogP contribution in [0.2, 0.25) is 0 Å². The molecule has 1 saturated carbocycles. The summed E-state index contributed by atoms with van der Waals surface area (Å²) in [5.74, 6) is -1.60. The minimum absolute atomic E-state index is 0.0835. The quantitative estimate of drug-likeness (QED) is 0.688. The number of aromatic amines is 1. The van der Waals surface area contributed by atoms with Crippen LogP contribution < -0.4 is 4.90 Å². The maximum atomic E-state index is 14.9. The molecule has 3 aromatic heterocycles. The molecule has 1 amide bonds. The zero-order chi connectivity index (χ0) is 21.4. The number of pyridine rings is 1. The van der Waals surface area contributed by atoms with Gasteiger partial charge in [0.2, 0.25) is 11.9 Å². The van der Waals surface area contributed by atoms with Crippen LogP contribution in [0.1, 0.15) is 19.3 Å². The summed E-state index contributed by atoms with van der Waals surface area (Å²) in [6, 6.07) is -0.167. The fourth-order valence-corrected chi connectivity index (χ4v) is 5.03. The van der Waals surface area contributed by atoms with Gasteiger partial charge in [0.25, 0.3) is 0 Å². The average Bonchev–Trinajstić information content (AvgIpc) is 3.02. The first-order valence-corrected chi connectivity index (χ1v) is 10.4. The van der Waals surface area contributed by atoms with Gasteiger partial charge in [-0.05, 0) is 19.3 Å². The van der Waals surface area contributed by atoms with Crippen LogP contribution in [0.25, 0.3) is 22.6 Å². The number of carbonyl (C=O) groups is 1. The Morgan fingerprint density at radius 3 is 2.55 bits per heavy atom. The van der Waals surface area contributed by atoms with E-state index in [4.69, 9.17) is 0 Å². The number of rotatable bonds is 3. The van der Waals surface area contributed by atoms with Gasteiger partial charge in [0.05, 0.1) is 17.7 Å². The molecule has 0 aromatic carbocycles. The number of H-pyrrole nitrogens is 1. The molecule has 2 aliphatic heterocycles. The van der Waals surface area contributed by atoms with Crippen LogP contribution in [-0.2, 0) is 11.8 Å². The number of hydrogen-bond donors (Lipinski definition) is 1. The molecule has 3 fully saturated rings. The van der Waals surface area contributed by atoms with Crippen molar-refractivity contribution in [1.29, 1.82) is 0 Å². The Kier molecular flexibility index (Phi) is 3.87. The van der Waals surface area contributed by atoms with E-state index in [0.717, 1.165) is 19.0 Å². The lowest BCUT2D eigenvalue weighted by molar-refractivity contribution is -0.136. The number of nitrogens with zero attached hydrogens (tertiary/aromatic N) is 6. The maximum absolute atomic E-state index is 14.9. The fourth-order valence-electron chi connectivity index (χ4n) is 5.03. The minimum Gasteiger partial charge on any atom is -0.363 e. The monoisotopic (exact) mass is 431 g/mol. The molecule has 2 unspecified atom stereocenters. The van der Waals surface area contributed by atoms with E-state index in [1.807, 2.05) is 9.80 Å². The molecule has 162 valence electrons. The summed E-state index contributed by atoms with van der Waals surface area (Å²) >= 11 is 0. The topological polar surface area (TPSA) is 82.9 Å². The molecule has 8 nitrogen and oxygen atoms in total. The molecule has 5 heterocycles. The summed E-state index contributed by atoms with van der Waals surface area (Å²) in [6.07, 6.45) is 3.49. The molecule has 0 radical (unpaired) electrons. The fraction of sp³-hybridized carbons (Fsp3) is 0.500. The highest BCUT2D eigenvalue weighted by atomic mass is 19.1. The summed E-state index contributed by atoms with van der Waals surface area (Å²) in [6.45, 7) is 0.884. The molecule has 31 heavy (non-hydrogen) atoms. The molecule has 1 aliphatic carbocycles. The van der Waals surface area contributed by atoms with E-state index in [0.29, 0.717) is 30.7 Å². The van der Waals surface area contributed by atoms with E-state index < -0.39 is 23.9 Å². The van der Waals surface area contributed by atoms with Crippen LogP contribution in [0.15, 0.2) is 12.4 Å². The van der Waals surface area contributed by atoms with Gasteiger partial charge in [0.1, 0.15) is 23.2 Å². The Balaban J connectivity index is 1.35. The first kappa shape index (κ1) is 18.6. The van der Waals surface area contributed by atoms with Gasteiger partial charge in [-0.2, -0.15) is 4.39 Å². The summed E-state index contributed by atoms with van der Waals surface area (Å²) in [4.78, 5) is 27.8. The molecule has 1 N–H and O–H groups in total. The number of fused-ring (bicyclic) bond motifs is 3. The van der Waals surface area contributed by atoms with Crippen molar-refractivity contribution >= 4 is 22.8 Å². The highest BCUT2D eigenvalue weighted by molar-refractivity contribution is 5.89. The number of hydrogen-bond acceptors (Lipinski definition) is 5. The molecule has 0 spiro atoms. The Bertz CT molecular complexity index is 1190. The van der Waals surface area contributed by atoms with Gasteiger partial charge < -0.3 is 14.8 Å². The van der Waals surface area contributed by atoms with Crippen molar-refractivity contribution in [2.75, 3.05) is 18.0 Å². The third kappa shape index (κ3) is 2.82. The second-order valence-corrected chi connectivity index (χ2v) is 8.64. The number of imidazole rings is 1. The van der Waals surface area contributed by atoms with Gasteiger partial charge in [-0.25, -0.2) is 18.7 Å². The normalized spacial score (nSPS) is 27.4. The number of carbonyl (C=O) groups excluding carboxylic acids is 1. The zero-order valence-corrected chi connectivity index (χ0v) is 16.7. The molecule has 4 atom stereocenters. The van der Waals surface area contributed by atoms with E-state index in [2.05, 4.69) is 20.1 Å². The van der Waals surface area contributed by atoms with Gasteiger partial charge in [-0.3, -0.25) is 9.48 Å². The first-order chi connectivity index (χ1) is 14.9. The number of alkyl halides is 1. The Hall–Kier alpha value is -3.11. The summed E-state index contributed by atoms with van der Waals surface area (Å²) < 4.78 is 43.8. The van der Waals surface area contributed by atoms with Gasteiger partial charge in [0.15, 0.2) is 11.5 Å². The van der Waals surface area contributed by atoms with Crippen LogP contribution in [0.5, 0.6) is 0 Å². The second-order valence-electron chi connectivity index (χ2n) is 8.64. The van der Waals surface area contributed by atoms with E-state index in [9.17, 15) is 18.0 Å². The molecule has 3 aliphatic rings. The molecule has 11 heteroatoms. The number of aromatic nitrogens is 5. The molecule has 6 rings (SSSR count). The largest absolute Gasteiger partial charge is 0.363 e. The van der Waals surface area contributed by atoms with E-state index >= 15 is 0 Å². The van der Waals surface area contributed by atoms with Gasteiger partial charge in [0, 0.05) is 38.4 Å². The number of aryl methyl sites for hydroxylation is 1. The van der Waals surface area contributed by atoms with Crippen LogP contribution >= 0.6 is 0 Å². The number of piperazine rings is 1. The number of anilines is 1. The average molecular weight is 431 g/mol. The molecular formula is C20H20F3N7O. The first-order valence-electron chi connectivity index (χ1n) is 10.4. The zero-order valence-electron chi connectivity index (χ0n) is 16.7. The smallest absolute Gasteiger partial charge is 0.243 e. The highest BCUT2D eigenvalue weighted by Gasteiger charge is 2.52. The Morgan fingerprint density at radius 1 is 1.23 bits per heavy atom. The van der Waals surface area contributed by atoms with Gasteiger partial charge in [-0.15, -0.1) is 5.10 Å². The Morgan fingerprint density at radius 2 is 1.94 bits per heavy atom. The number of nitrogens with one attached hydrogen (secondary N) is 1. The van der Waals surface area contributed by atoms with Gasteiger partial charge in [-0.1, -0.05) is 0 Å². The predicted octanol–water partition coefficient (Wildman–Crippen LogP) is 2.17. The van der Waals surface area contributed by atoms with Crippen molar-refractivity contribution in [3.8, 4) is 11.4 Å². The molecular weight excluding hydrogens is 411 g/mol. The van der Waals surface area contributed by atoms with E-state index in [1.165, 1.54) is 10.9 Å². The maximum Gasteiger partial charge on any atom is 0.243 e. The minimum atomic E-state index is -1.03. The summed E-state index contributed by atoms with van der Waals surface area (Å²) in [5.41, 5.74) is 1.14. The lowest BCUT2D eigenvalue weighted by Gasteiger charge is -2.42. The summed E-state index contributed by atoms with van der Waals surface area (Å²) in [5, 5.41) is 3.69. The molecule has 3 aromatic rings. The van der Waals surface area contributed by atoms with Gasteiger partial charge >= 0.3 is 0 Å². The van der Waals surface area contributed by atoms with Crippen LogP contribution in [-0.4, -0.2) is 66.9 Å².